The minimum Gasteiger partial charge on any atom is -0.420 e. The number of ether oxygens (including phenoxy) is 1. The Morgan fingerprint density at radius 3 is 2.47 bits per heavy atom. The fraction of sp³-hybridized carbons (Fsp3) is 0.211. The Hall–Kier alpha value is -2.72. The smallest absolute Gasteiger partial charge is 0.420 e. The van der Waals surface area contributed by atoms with Crippen molar-refractivity contribution in [1.82, 2.24) is 4.90 Å². The average molecular weight is 458 g/mol. The topological polar surface area (TPSA) is 71.0 Å². The van der Waals surface area contributed by atoms with Crippen LogP contribution in [0.3, 0.4) is 0 Å². The molecule has 0 radical (unpaired) electrons. The van der Waals surface area contributed by atoms with E-state index in [1.54, 1.807) is 0 Å². The second-order valence-electron chi connectivity index (χ2n) is 6.20. The van der Waals surface area contributed by atoms with Gasteiger partial charge in [-0.05, 0) is 48.5 Å². The largest absolute Gasteiger partial charge is 0.487 e. The number of anilines is 1. The number of hydrogen-bond donors (Lipinski definition) is 1. The van der Waals surface area contributed by atoms with Crippen molar-refractivity contribution in [2.45, 2.75) is 17.2 Å². The van der Waals surface area contributed by atoms with Crippen LogP contribution in [0.15, 0.2) is 53.5 Å². The van der Waals surface area contributed by atoms with E-state index >= 15 is 0 Å². The first-order chi connectivity index (χ1) is 14.1. The van der Waals surface area contributed by atoms with Crippen LogP contribution in [-0.2, 0) is 9.59 Å². The Kier molecular flexibility index (Phi) is 6.57. The molecule has 30 heavy (non-hydrogen) atoms. The molecule has 2 amide bonds. The molecule has 6 nitrogen and oxygen atoms in total. The number of benzene rings is 2. The number of aliphatic imine (C=N–C) groups is 1. The van der Waals surface area contributed by atoms with E-state index in [2.05, 4.69) is 15.0 Å². The number of rotatable bonds is 5. The highest BCUT2D eigenvalue weighted by Gasteiger charge is 2.34. The molecule has 1 saturated heterocycles. The van der Waals surface area contributed by atoms with E-state index in [9.17, 15) is 22.8 Å². The summed E-state index contributed by atoms with van der Waals surface area (Å²) in [4.78, 5) is 30.5. The first-order valence-corrected chi connectivity index (χ1v) is 9.80. The molecule has 3 rings (SSSR count). The molecule has 1 atom stereocenters. The molecule has 1 aliphatic rings. The van der Waals surface area contributed by atoms with E-state index < -0.39 is 22.5 Å². The molecule has 0 unspecified atom stereocenters. The normalized spacial score (nSPS) is 18.4. The molecule has 0 aliphatic carbocycles. The fourth-order valence-electron chi connectivity index (χ4n) is 2.49. The highest BCUT2D eigenvalue weighted by atomic mass is 35.5. The molecule has 0 spiro atoms. The van der Waals surface area contributed by atoms with Crippen LogP contribution in [0.5, 0.6) is 5.75 Å². The number of hydrogen-bond acceptors (Lipinski definition) is 5. The summed E-state index contributed by atoms with van der Waals surface area (Å²) >= 11 is 5.79. The minimum atomic E-state index is -3.84. The van der Waals surface area contributed by atoms with E-state index in [1.807, 2.05) is 0 Å². The van der Waals surface area contributed by atoms with Crippen LogP contribution in [0.1, 0.15) is 6.42 Å². The Labute approximate surface area is 179 Å². The zero-order valence-corrected chi connectivity index (χ0v) is 17.0. The monoisotopic (exact) mass is 457 g/mol. The van der Waals surface area contributed by atoms with Crippen LogP contribution in [0.25, 0.3) is 0 Å². The molecule has 2 aromatic carbocycles. The molecule has 158 valence electrons. The van der Waals surface area contributed by atoms with Gasteiger partial charge in [-0.15, -0.1) is 8.78 Å². The summed E-state index contributed by atoms with van der Waals surface area (Å²) in [6.45, 7) is 0. The molecule has 1 heterocycles. The van der Waals surface area contributed by atoms with Gasteiger partial charge in [0.05, 0.1) is 5.69 Å². The number of carbonyl (C=O) groups is 2. The first kappa shape index (κ1) is 22.0. The molecule has 1 aliphatic heterocycles. The molecule has 11 heteroatoms. The maximum Gasteiger partial charge on any atom is 0.487 e. The van der Waals surface area contributed by atoms with Crippen LogP contribution in [0.4, 0.5) is 24.5 Å². The van der Waals surface area contributed by atoms with Crippen LogP contribution < -0.4 is 10.1 Å². The molecule has 0 aromatic heterocycles. The summed E-state index contributed by atoms with van der Waals surface area (Å²) in [5.41, 5.74) is -3.07. The highest BCUT2D eigenvalue weighted by molar-refractivity contribution is 8.15. The van der Waals surface area contributed by atoms with Gasteiger partial charge in [-0.1, -0.05) is 11.8 Å². The van der Waals surface area contributed by atoms with Gasteiger partial charge in [0.2, 0.25) is 11.8 Å². The van der Waals surface area contributed by atoms with Crippen LogP contribution in [0.2, 0.25) is 0 Å². The second-order valence-corrected chi connectivity index (χ2v) is 7.81. The SMILES string of the molecule is CN1C(=O)C[C@@H](C(=O)Nc2ccc(OC(F)(F)Cl)cc2)SC1=Nc1ccc(F)cc1. The lowest BCUT2D eigenvalue weighted by atomic mass is 10.2. The molecule has 2 aromatic rings. The number of carbonyl (C=O) groups excluding carboxylic acids is 2. The van der Waals surface area contributed by atoms with Crippen molar-refractivity contribution in [1.29, 1.82) is 0 Å². The maximum atomic E-state index is 13.1. The number of nitrogens with one attached hydrogen (secondary N) is 1. The van der Waals surface area contributed by atoms with E-state index in [-0.39, 0.29) is 18.1 Å². The van der Waals surface area contributed by atoms with Gasteiger partial charge in [0.1, 0.15) is 16.8 Å². The molecular weight excluding hydrogens is 443 g/mol. The lowest BCUT2D eigenvalue weighted by Crippen LogP contribution is -2.43. The van der Waals surface area contributed by atoms with Crippen LogP contribution in [-0.4, -0.2) is 39.7 Å². The third-order valence-electron chi connectivity index (χ3n) is 3.97. The van der Waals surface area contributed by atoms with E-state index in [4.69, 9.17) is 11.6 Å². The average Bonchev–Trinajstić information content (AvgIpc) is 2.67. The highest BCUT2D eigenvalue weighted by Crippen LogP contribution is 2.30. The van der Waals surface area contributed by atoms with Gasteiger partial charge in [-0.25, -0.2) is 9.38 Å². The quantitative estimate of drug-likeness (QED) is 0.667. The van der Waals surface area contributed by atoms with Gasteiger partial charge in [0, 0.05) is 30.8 Å². The van der Waals surface area contributed by atoms with Crippen molar-refractivity contribution in [3.05, 3.63) is 54.3 Å². The van der Waals surface area contributed by atoms with Crippen molar-refractivity contribution >= 4 is 51.7 Å². The van der Waals surface area contributed by atoms with Crippen molar-refractivity contribution < 1.29 is 27.5 Å². The summed E-state index contributed by atoms with van der Waals surface area (Å²) < 4.78 is 42.6. The second kappa shape index (κ2) is 8.97. The number of amides is 2. The lowest BCUT2D eigenvalue weighted by Gasteiger charge is -2.28. The standard InChI is InChI=1S/C19H15ClF3N3O3S/c1-26-16(27)10-15(30-18(26)25-13-4-2-11(21)3-5-13)17(28)24-12-6-8-14(9-7-12)29-19(20,22)23/h2-9,15H,10H2,1H3,(H,24,28)/t15-/m0/s1. The molecular formula is C19H15ClF3N3O3S. The number of alkyl halides is 3. The van der Waals surface area contributed by atoms with Crippen molar-refractivity contribution in [3.8, 4) is 5.75 Å². The third-order valence-corrected chi connectivity index (χ3v) is 5.29. The Morgan fingerprint density at radius 1 is 1.23 bits per heavy atom. The predicted molar refractivity (Wildman–Crippen MR) is 109 cm³/mol. The zero-order valence-electron chi connectivity index (χ0n) is 15.4. The molecule has 1 N–H and O–H groups in total. The Balaban J connectivity index is 1.69. The van der Waals surface area contributed by atoms with Crippen LogP contribution in [0, 0.1) is 5.82 Å². The van der Waals surface area contributed by atoms with Gasteiger partial charge in [0.25, 0.3) is 0 Å². The fourth-order valence-corrected chi connectivity index (χ4v) is 3.64. The zero-order chi connectivity index (χ0) is 21.9. The van der Waals surface area contributed by atoms with Crippen molar-refractivity contribution in [3.63, 3.8) is 0 Å². The molecule has 0 saturated carbocycles. The predicted octanol–water partition coefficient (Wildman–Crippen LogP) is 4.58. The summed E-state index contributed by atoms with van der Waals surface area (Å²) in [5.74, 6) is -1.35. The van der Waals surface area contributed by atoms with E-state index in [0.717, 1.165) is 11.8 Å². The number of amidine groups is 1. The van der Waals surface area contributed by atoms with E-state index in [1.165, 1.54) is 60.5 Å². The summed E-state index contributed by atoms with van der Waals surface area (Å²) in [7, 11) is 1.54. The minimum absolute atomic E-state index is 0.0465. The third kappa shape index (κ3) is 5.90. The van der Waals surface area contributed by atoms with Crippen molar-refractivity contribution in [2.75, 3.05) is 12.4 Å². The van der Waals surface area contributed by atoms with E-state index in [0.29, 0.717) is 16.5 Å². The Bertz CT molecular complexity index is 966. The van der Waals surface area contributed by atoms with Gasteiger partial charge < -0.3 is 10.1 Å². The molecule has 1 fully saturated rings. The summed E-state index contributed by atoms with van der Waals surface area (Å²) in [6.07, 6.45) is -0.0465. The number of thioether (sulfide) groups is 1. The number of nitrogens with zero attached hydrogens (tertiary/aromatic N) is 2. The van der Waals surface area contributed by atoms with Gasteiger partial charge in [-0.3, -0.25) is 14.5 Å². The van der Waals surface area contributed by atoms with Gasteiger partial charge in [0.15, 0.2) is 5.17 Å². The van der Waals surface area contributed by atoms with Gasteiger partial charge >= 0.3 is 5.57 Å². The van der Waals surface area contributed by atoms with Gasteiger partial charge in [-0.2, -0.15) is 0 Å². The van der Waals surface area contributed by atoms with Crippen LogP contribution >= 0.6 is 23.4 Å². The lowest BCUT2D eigenvalue weighted by molar-refractivity contribution is -0.128. The number of halogens is 4. The Morgan fingerprint density at radius 2 is 1.87 bits per heavy atom. The summed E-state index contributed by atoms with van der Waals surface area (Å²) in [5, 5.41) is 2.16. The molecule has 0 bridgehead atoms. The van der Waals surface area contributed by atoms with Crippen molar-refractivity contribution in [2.24, 2.45) is 4.99 Å². The summed E-state index contributed by atoms with van der Waals surface area (Å²) in [6, 6.07) is 10.6. The maximum absolute atomic E-state index is 13.1. The first-order valence-electron chi connectivity index (χ1n) is 8.55.